The van der Waals surface area contributed by atoms with E-state index in [0.29, 0.717) is 17.5 Å². The van der Waals surface area contributed by atoms with E-state index in [0.717, 1.165) is 23.5 Å². The molecule has 3 rings (SSSR count). The minimum Gasteiger partial charge on any atom is -0.469 e. The van der Waals surface area contributed by atoms with Gasteiger partial charge in [0.05, 0.1) is 22.8 Å². The van der Waals surface area contributed by atoms with Gasteiger partial charge in [0.25, 0.3) is 0 Å². The smallest absolute Gasteiger partial charge is 0.237 e. The van der Waals surface area contributed by atoms with Gasteiger partial charge in [0, 0.05) is 12.6 Å². The van der Waals surface area contributed by atoms with Gasteiger partial charge in [0.15, 0.2) is 11.0 Å². The fourth-order valence-electron chi connectivity index (χ4n) is 2.51. The molecule has 1 N–H and O–H groups in total. The van der Waals surface area contributed by atoms with Crippen molar-refractivity contribution in [2.45, 2.75) is 37.7 Å². The van der Waals surface area contributed by atoms with Crippen LogP contribution in [0.15, 0.2) is 40.1 Å². The number of hydrogen-bond donors (Lipinski definition) is 1. The number of nitrogens with one attached hydrogen (secondary N) is 1. The van der Waals surface area contributed by atoms with Crippen LogP contribution < -0.4 is 5.32 Å². The maximum absolute atomic E-state index is 13.7. The second kappa shape index (κ2) is 7.91. The second-order valence-corrected chi connectivity index (χ2v) is 7.12. The molecular weight excluding hydrogens is 374 g/mol. The molecule has 6 nitrogen and oxygen atoms in total. The minimum absolute atomic E-state index is 0.0690. The first-order valence-electron chi connectivity index (χ1n) is 8.31. The van der Waals surface area contributed by atoms with Crippen LogP contribution in [-0.4, -0.2) is 25.9 Å². The van der Waals surface area contributed by atoms with E-state index in [-0.39, 0.29) is 5.69 Å². The van der Waals surface area contributed by atoms with E-state index in [9.17, 15) is 13.6 Å². The zero-order chi connectivity index (χ0) is 19.6. The predicted octanol–water partition coefficient (Wildman–Crippen LogP) is 4.26. The highest BCUT2D eigenvalue weighted by molar-refractivity contribution is 8.00. The third-order valence-corrected chi connectivity index (χ3v) is 5.05. The van der Waals surface area contributed by atoms with E-state index in [1.165, 1.54) is 17.8 Å². The van der Waals surface area contributed by atoms with Gasteiger partial charge in [-0.25, -0.2) is 8.78 Å². The van der Waals surface area contributed by atoms with Crippen LogP contribution >= 0.6 is 11.8 Å². The lowest BCUT2D eigenvalue weighted by Gasteiger charge is -2.13. The van der Waals surface area contributed by atoms with Gasteiger partial charge in [-0.05, 0) is 39.0 Å². The molecule has 0 saturated carbocycles. The van der Waals surface area contributed by atoms with Gasteiger partial charge in [-0.1, -0.05) is 11.8 Å². The van der Waals surface area contributed by atoms with E-state index in [4.69, 9.17) is 4.42 Å². The molecule has 0 aliphatic rings. The Labute approximate surface area is 159 Å². The van der Waals surface area contributed by atoms with E-state index >= 15 is 0 Å². The molecule has 27 heavy (non-hydrogen) atoms. The van der Waals surface area contributed by atoms with Crippen LogP contribution in [0.4, 0.5) is 14.5 Å². The molecule has 1 atom stereocenters. The summed E-state index contributed by atoms with van der Waals surface area (Å²) in [5, 5.41) is 10.8. The Balaban J connectivity index is 1.76. The number of anilines is 1. The lowest BCUT2D eigenvalue weighted by atomic mass is 10.2. The van der Waals surface area contributed by atoms with Crippen molar-refractivity contribution < 1.29 is 18.0 Å². The minimum atomic E-state index is -0.824. The molecule has 0 bridgehead atoms. The highest BCUT2D eigenvalue weighted by atomic mass is 32.2. The number of nitrogens with zero attached hydrogens (tertiary/aromatic N) is 3. The molecular formula is C18H18F2N4O2S. The van der Waals surface area contributed by atoms with Gasteiger partial charge in [-0.2, -0.15) is 0 Å². The summed E-state index contributed by atoms with van der Waals surface area (Å²) in [6, 6.07) is 4.81. The molecule has 0 aliphatic heterocycles. The summed E-state index contributed by atoms with van der Waals surface area (Å²) in [4.78, 5) is 12.4. The van der Waals surface area contributed by atoms with E-state index in [2.05, 4.69) is 15.5 Å². The number of halogens is 2. The molecule has 0 radical (unpaired) electrons. The molecule has 0 aliphatic carbocycles. The van der Waals surface area contributed by atoms with Crippen LogP contribution in [0, 0.1) is 18.6 Å². The second-order valence-electron chi connectivity index (χ2n) is 5.81. The van der Waals surface area contributed by atoms with Crippen LogP contribution in [0.3, 0.4) is 0 Å². The van der Waals surface area contributed by atoms with Crippen molar-refractivity contribution in [2.24, 2.45) is 0 Å². The molecule has 0 unspecified atom stereocenters. The largest absolute Gasteiger partial charge is 0.469 e. The Morgan fingerprint density at radius 1 is 1.33 bits per heavy atom. The van der Waals surface area contributed by atoms with Crippen LogP contribution in [0.2, 0.25) is 0 Å². The predicted molar refractivity (Wildman–Crippen MR) is 98.4 cm³/mol. The summed E-state index contributed by atoms with van der Waals surface area (Å²) < 4.78 is 33.9. The zero-order valence-electron chi connectivity index (χ0n) is 15.0. The number of benzene rings is 1. The van der Waals surface area contributed by atoms with Crippen molar-refractivity contribution in [1.29, 1.82) is 0 Å². The van der Waals surface area contributed by atoms with Gasteiger partial charge in [0.2, 0.25) is 5.91 Å². The number of carbonyl (C=O) groups excluding carboxylic acids is 1. The Morgan fingerprint density at radius 3 is 2.74 bits per heavy atom. The number of aryl methyl sites for hydroxylation is 1. The molecule has 0 saturated heterocycles. The van der Waals surface area contributed by atoms with Crippen molar-refractivity contribution in [1.82, 2.24) is 14.8 Å². The number of aromatic nitrogens is 3. The zero-order valence-corrected chi connectivity index (χ0v) is 15.8. The van der Waals surface area contributed by atoms with E-state index < -0.39 is 22.8 Å². The number of thioether (sulfide) groups is 1. The van der Waals surface area contributed by atoms with Gasteiger partial charge in [-0.15, -0.1) is 10.2 Å². The topological polar surface area (TPSA) is 73.0 Å². The molecule has 2 heterocycles. The first-order valence-corrected chi connectivity index (χ1v) is 9.19. The van der Waals surface area contributed by atoms with Crippen LogP contribution in [-0.2, 0) is 11.3 Å². The van der Waals surface area contributed by atoms with E-state index in [1.54, 1.807) is 13.2 Å². The lowest BCUT2D eigenvalue weighted by molar-refractivity contribution is -0.115. The summed E-state index contributed by atoms with van der Waals surface area (Å²) >= 11 is 1.21. The van der Waals surface area contributed by atoms with Crippen LogP contribution in [0.5, 0.6) is 0 Å². The molecule has 3 aromatic rings. The summed E-state index contributed by atoms with van der Waals surface area (Å²) in [5.41, 5.74) is 0.766. The third-order valence-electron chi connectivity index (χ3n) is 3.97. The van der Waals surface area contributed by atoms with Crippen LogP contribution in [0.25, 0.3) is 11.4 Å². The van der Waals surface area contributed by atoms with Crippen molar-refractivity contribution in [3.05, 3.63) is 47.9 Å². The lowest BCUT2D eigenvalue weighted by Crippen LogP contribution is -2.23. The average molecular weight is 392 g/mol. The van der Waals surface area contributed by atoms with E-state index in [1.807, 2.05) is 24.5 Å². The summed E-state index contributed by atoms with van der Waals surface area (Å²) in [7, 11) is 0. The fourth-order valence-corrected chi connectivity index (χ4v) is 3.43. The highest BCUT2D eigenvalue weighted by Gasteiger charge is 2.22. The number of carbonyl (C=O) groups is 1. The molecule has 0 spiro atoms. The molecule has 1 aromatic carbocycles. The first kappa shape index (κ1) is 19.1. The quantitative estimate of drug-likeness (QED) is 0.635. The molecule has 9 heteroatoms. The Morgan fingerprint density at radius 2 is 2.11 bits per heavy atom. The number of hydrogen-bond acceptors (Lipinski definition) is 5. The average Bonchev–Trinajstić information content (AvgIpc) is 3.22. The van der Waals surface area contributed by atoms with Crippen molar-refractivity contribution in [2.75, 3.05) is 5.32 Å². The molecule has 2 aromatic heterocycles. The van der Waals surface area contributed by atoms with Gasteiger partial charge in [0.1, 0.15) is 17.4 Å². The van der Waals surface area contributed by atoms with Gasteiger partial charge < -0.3 is 14.3 Å². The SMILES string of the molecule is CCn1c(S[C@H](C)C(=O)Nc2ccc(F)cc2F)nnc1-c1ccoc1C. The molecule has 1 amide bonds. The first-order chi connectivity index (χ1) is 12.9. The normalized spacial score (nSPS) is 12.2. The number of rotatable bonds is 6. The summed E-state index contributed by atoms with van der Waals surface area (Å²) in [6.45, 7) is 6.07. The third kappa shape index (κ3) is 4.02. The van der Waals surface area contributed by atoms with Crippen molar-refractivity contribution in [3.63, 3.8) is 0 Å². The van der Waals surface area contributed by atoms with Crippen LogP contribution in [0.1, 0.15) is 19.6 Å². The molecule has 0 fully saturated rings. The monoisotopic (exact) mass is 392 g/mol. The van der Waals surface area contributed by atoms with Gasteiger partial charge in [-0.3, -0.25) is 4.79 Å². The number of furan rings is 1. The Kier molecular flexibility index (Phi) is 5.59. The van der Waals surface area contributed by atoms with Crippen molar-refractivity contribution >= 4 is 23.4 Å². The Bertz CT molecular complexity index is 970. The summed E-state index contributed by atoms with van der Waals surface area (Å²) in [6.07, 6.45) is 1.58. The Hall–Kier alpha value is -2.68. The fraction of sp³-hybridized carbons (Fsp3) is 0.278. The maximum Gasteiger partial charge on any atom is 0.237 e. The summed E-state index contributed by atoms with van der Waals surface area (Å²) in [5.74, 6) is -0.562. The van der Waals surface area contributed by atoms with Crippen molar-refractivity contribution in [3.8, 4) is 11.4 Å². The molecule has 142 valence electrons. The number of amides is 1. The maximum atomic E-state index is 13.7. The standard InChI is InChI=1S/C18H18F2N4O2S/c1-4-24-16(13-7-8-26-10(13)2)22-23-18(24)27-11(3)17(25)21-15-6-5-12(19)9-14(15)20/h5-9,11H,4H2,1-3H3,(H,21,25)/t11-/m1/s1. The van der Waals surface area contributed by atoms with Gasteiger partial charge >= 0.3 is 0 Å². The highest BCUT2D eigenvalue weighted by Crippen LogP contribution is 2.29.